The fourth-order valence-electron chi connectivity index (χ4n) is 2.13. The summed E-state index contributed by atoms with van der Waals surface area (Å²) in [6, 6.07) is 3.84. The minimum atomic E-state index is -0.816. The lowest BCUT2D eigenvalue weighted by molar-refractivity contribution is -0.132. The summed E-state index contributed by atoms with van der Waals surface area (Å²) < 4.78 is 0. The van der Waals surface area contributed by atoms with Crippen LogP contribution < -0.4 is 0 Å². The van der Waals surface area contributed by atoms with Crippen molar-refractivity contribution >= 4 is 12.0 Å². The number of rotatable bonds is 7. The zero-order chi connectivity index (χ0) is 14.3. The molecule has 104 valence electrons. The molecule has 0 aromatic carbocycles. The molecular weight excluding hydrogens is 238 g/mol. The molecule has 0 saturated carbocycles. The van der Waals surface area contributed by atoms with Crippen LogP contribution in [0.4, 0.5) is 0 Å². The molecule has 0 aliphatic carbocycles. The highest BCUT2D eigenvalue weighted by molar-refractivity contribution is 5.92. The maximum atomic E-state index is 11.3. The Morgan fingerprint density at radius 1 is 1.21 bits per heavy atom. The first-order chi connectivity index (χ1) is 9.02. The number of hydrogen-bond acceptors (Lipinski definition) is 2. The van der Waals surface area contributed by atoms with Gasteiger partial charge < -0.3 is 5.11 Å². The number of aryl methyl sites for hydroxylation is 2. The third kappa shape index (κ3) is 5.69. The van der Waals surface area contributed by atoms with Crippen molar-refractivity contribution in [3.63, 3.8) is 0 Å². The molecule has 1 aromatic rings. The van der Waals surface area contributed by atoms with E-state index in [1.165, 1.54) is 6.42 Å². The maximum absolute atomic E-state index is 11.3. The van der Waals surface area contributed by atoms with Gasteiger partial charge in [0.05, 0.1) is 0 Å². The third-order valence-corrected chi connectivity index (χ3v) is 3.02. The summed E-state index contributed by atoms with van der Waals surface area (Å²) in [6.07, 6.45) is 6.77. The van der Waals surface area contributed by atoms with E-state index in [4.69, 9.17) is 0 Å². The number of carbonyl (C=O) groups is 1. The quantitative estimate of drug-likeness (QED) is 0.593. The van der Waals surface area contributed by atoms with Crippen molar-refractivity contribution < 1.29 is 9.90 Å². The van der Waals surface area contributed by atoms with E-state index in [1.54, 1.807) is 6.08 Å². The Balaban J connectivity index is 2.79. The Bertz CT molecular complexity index is 444. The second-order valence-corrected chi connectivity index (χ2v) is 4.97. The minimum absolute atomic E-state index is 0.487. The van der Waals surface area contributed by atoms with Gasteiger partial charge in [-0.25, -0.2) is 4.79 Å². The molecule has 0 atom stereocenters. The Labute approximate surface area is 115 Å². The molecule has 0 aliphatic rings. The highest BCUT2D eigenvalue weighted by Gasteiger charge is 2.07. The summed E-state index contributed by atoms with van der Waals surface area (Å²) in [5, 5.41) is 9.25. The molecule has 0 aliphatic heterocycles. The van der Waals surface area contributed by atoms with Gasteiger partial charge in [0.2, 0.25) is 0 Å². The summed E-state index contributed by atoms with van der Waals surface area (Å²) >= 11 is 0. The highest BCUT2D eigenvalue weighted by atomic mass is 16.4. The average molecular weight is 261 g/mol. The minimum Gasteiger partial charge on any atom is -0.478 e. The molecule has 3 heteroatoms. The summed E-state index contributed by atoms with van der Waals surface area (Å²) in [7, 11) is 0. The SMILES string of the molecule is CCCCCCC(=Cc1cc(C)nc(C)c1)C(=O)O. The van der Waals surface area contributed by atoms with Gasteiger partial charge in [0.25, 0.3) is 0 Å². The van der Waals surface area contributed by atoms with E-state index in [-0.39, 0.29) is 0 Å². The molecule has 1 heterocycles. The fourth-order valence-corrected chi connectivity index (χ4v) is 2.13. The van der Waals surface area contributed by atoms with Crippen LogP contribution in [0, 0.1) is 13.8 Å². The number of unbranched alkanes of at least 4 members (excludes halogenated alkanes) is 3. The molecule has 0 unspecified atom stereocenters. The molecular formula is C16H23NO2. The zero-order valence-electron chi connectivity index (χ0n) is 12.1. The number of pyridine rings is 1. The van der Waals surface area contributed by atoms with Crippen LogP contribution in [0.3, 0.4) is 0 Å². The van der Waals surface area contributed by atoms with Gasteiger partial charge in [-0.1, -0.05) is 26.2 Å². The van der Waals surface area contributed by atoms with Crippen molar-refractivity contribution in [3.8, 4) is 0 Å². The first kappa shape index (κ1) is 15.4. The molecule has 0 spiro atoms. The summed E-state index contributed by atoms with van der Waals surface area (Å²) in [6.45, 7) is 5.99. The van der Waals surface area contributed by atoms with Crippen LogP contribution in [0.25, 0.3) is 6.08 Å². The van der Waals surface area contributed by atoms with E-state index in [1.807, 2.05) is 26.0 Å². The molecule has 1 N–H and O–H groups in total. The van der Waals surface area contributed by atoms with E-state index >= 15 is 0 Å². The first-order valence-corrected chi connectivity index (χ1v) is 6.92. The lowest BCUT2D eigenvalue weighted by Gasteiger charge is -2.04. The van der Waals surface area contributed by atoms with Crippen molar-refractivity contribution in [2.45, 2.75) is 52.9 Å². The standard InChI is InChI=1S/C16H23NO2/c1-4-5-6-7-8-15(16(18)19)11-14-9-12(2)17-13(3)10-14/h9-11H,4-8H2,1-3H3,(H,18,19). The number of hydrogen-bond donors (Lipinski definition) is 1. The van der Waals surface area contributed by atoms with Crippen molar-refractivity contribution in [3.05, 3.63) is 34.7 Å². The predicted octanol–water partition coefficient (Wildman–Crippen LogP) is 4.14. The van der Waals surface area contributed by atoms with Gasteiger partial charge in [-0.3, -0.25) is 4.98 Å². The largest absolute Gasteiger partial charge is 0.478 e. The van der Waals surface area contributed by atoms with Gasteiger partial charge in [0.1, 0.15) is 0 Å². The monoisotopic (exact) mass is 261 g/mol. The molecule has 1 rings (SSSR count). The highest BCUT2D eigenvalue weighted by Crippen LogP contribution is 2.16. The van der Waals surface area contributed by atoms with Crippen LogP contribution in [0.5, 0.6) is 0 Å². The van der Waals surface area contributed by atoms with E-state index < -0.39 is 5.97 Å². The molecule has 0 radical (unpaired) electrons. The lowest BCUT2D eigenvalue weighted by atomic mass is 10.0. The Morgan fingerprint density at radius 2 is 1.84 bits per heavy atom. The lowest BCUT2D eigenvalue weighted by Crippen LogP contribution is -2.01. The fraction of sp³-hybridized carbons (Fsp3) is 0.500. The number of aliphatic carboxylic acids is 1. The van der Waals surface area contributed by atoms with Crippen molar-refractivity contribution in [2.75, 3.05) is 0 Å². The van der Waals surface area contributed by atoms with Gasteiger partial charge in [0.15, 0.2) is 0 Å². The van der Waals surface area contributed by atoms with Crippen LogP contribution in [0.1, 0.15) is 56.0 Å². The maximum Gasteiger partial charge on any atom is 0.331 e. The van der Waals surface area contributed by atoms with Gasteiger partial charge in [-0.2, -0.15) is 0 Å². The van der Waals surface area contributed by atoms with Gasteiger partial charge in [-0.15, -0.1) is 0 Å². The van der Waals surface area contributed by atoms with Crippen LogP contribution in [-0.4, -0.2) is 16.1 Å². The third-order valence-electron chi connectivity index (χ3n) is 3.02. The summed E-state index contributed by atoms with van der Waals surface area (Å²) in [4.78, 5) is 15.5. The smallest absolute Gasteiger partial charge is 0.331 e. The average Bonchev–Trinajstić information content (AvgIpc) is 2.31. The molecule has 0 fully saturated rings. The van der Waals surface area contributed by atoms with Crippen molar-refractivity contribution in [2.24, 2.45) is 0 Å². The van der Waals surface area contributed by atoms with Gasteiger partial charge >= 0.3 is 5.97 Å². The summed E-state index contributed by atoms with van der Waals surface area (Å²) in [5.41, 5.74) is 3.25. The number of nitrogens with zero attached hydrogens (tertiary/aromatic N) is 1. The molecule has 0 saturated heterocycles. The van der Waals surface area contributed by atoms with Crippen LogP contribution in [0.2, 0.25) is 0 Å². The number of carboxylic acid groups (broad SMARTS) is 1. The predicted molar refractivity (Wildman–Crippen MR) is 78.1 cm³/mol. The normalized spacial score (nSPS) is 11.6. The van der Waals surface area contributed by atoms with Gasteiger partial charge in [-0.05, 0) is 50.5 Å². The molecule has 0 bridgehead atoms. The van der Waals surface area contributed by atoms with Crippen LogP contribution >= 0.6 is 0 Å². The number of carboxylic acids is 1. The van der Waals surface area contributed by atoms with E-state index in [0.717, 1.165) is 36.2 Å². The Kier molecular flexibility index (Phi) is 6.26. The van der Waals surface area contributed by atoms with Gasteiger partial charge in [0, 0.05) is 17.0 Å². The van der Waals surface area contributed by atoms with E-state index in [2.05, 4.69) is 11.9 Å². The number of aromatic nitrogens is 1. The second-order valence-electron chi connectivity index (χ2n) is 4.97. The first-order valence-electron chi connectivity index (χ1n) is 6.92. The summed E-state index contributed by atoms with van der Waals surface area (Å²) in [5.74, 6) is -0.816. The second kappa shape index (κ2) is 7.72. The molecule has 3 nitrogen and oxygen atoms in total. The Hall–Kier alpha value is -1.64. The van der Waals surface area contributed by atoms with Crippen LogP contribution in [-0.2, 0) is 4.79 Å². The molecule has 19 heavy (non-hydrogen) atoms. The topological polar surface area (TPSA) is 50.2 Å². The van der Waals surface area contributed by atoms with Crippen molar-refractivity contribution in [1.82, 2.24) is 4.98 Å². The molecule has 0 amide bonds. The van der Waals surface area contributed by atoms with Crippen molar-refractivity contribution in [1.29, 1.82) is 0 Å². The zero-order valence-corrected chi connectivity index (χ0v) is 12.1. The van der Waals surface area contributed by atoms with E-state index in [0.29, 0.717) is 12.0 Å². The van der Waals surface area contributed by atoms with Crippen LogP contribution in [0.15, 0.2) is 17.7 Å². The van der Waals surface area contributed by atoms with E-state index in [9.17, 15) is 9.90 Å². The molecule has 1 aromatic heterocycles. The Morgan fingerprint density at radius 3 is 2.37 bits per heavy atom.